The number of benzene rings is 2. The average Bonchev–Trinajstić information content (AvgIpc) is 2.80. The molecule has 0 aromatic heterocycles. The van der Waals surface area contributed by atoms with Crippen molar-refractivity contribution in [3.63, 3.8) is 0 Å². The van der Waals surface area contributed by atoms with Gasteiger partial charge in [0.1, 0.15) is 18.3 Å². The zero-order valence-electron chi connectivity index (χ0n) is 20.0. The number of nitrogens with zero attached hydrogens (tertiary/aromatic N) is 2. The molecule has 10 heteroatoms. The van der Waals surface area contributed by atoms with E-state index in [4.69, 9.17) is 16.3 Å². The van der Waals surface area contributed by atoms with Crippen LogP contribution in [0.1, 0.15) is 25.8 Å². The van der Waals surface area contributed by atoms with E-state index < -0.39 is 28.5 Å². The number of methoxy groups -OCH3 is 1. The molecule has 2 aromatic carbocycles. The molecule has 1 N–H and O–H groups in total. The van der Waals surface area contributed by atoms with Crippen LogP contribution in [0.4, 0.5) is 5.69 Å². The topological polar surface area (TPSA) is 96.0 Å². The summed E-state index contributed by atoms with van der Waals surface area (Å²) in [7, 11) is -2.37. The maximum atomic E-state index is 13.4. The number of hydrogen-bond acceptors (Lipinski definition) is 5. The van der Waals surface area contributed by atoms with Gasteiger partial charge in [-0.05, 0) is 43.5 Å². The maximum absolute atomic E-state index is 13.4. The number of carbonyl (C=O) groups is 2. The molecule has 8 nitrogen and oxygen atoms in total. The fourth-order valence-corrected chi connectivity index (χ4v) is 4.48. The van der Waals surface area contributed by atoms with Gasteiger partial charge < -0.3 is 15.0 Å². The summed E-state index contributed by atoms with van der Waals surface area (Å²) in [5.41, 5.74) is 1.23. The van der Waals surface area contributed by atoms with Crippen molar-refractivity contribution in [3.05, 3.63) is 59.1 Å². The Morgan fingerprint density at radius 2 is 1.82 bits per heavy atom. The van der Waals surface area contributed by atoms with Crippen LogP contribution in [0.5, 0.6) is 5.75 Å². The van der Waals surface area contributed by atoms with Crippen LogP contribution in [-0.4, -0.2) is 64.2 Å². The lowest BCUT2D eigenvalue weighted by molar-refractivity contribution is -0.138. The third-order valence-corrected chi connectivity index (χ3v) is 6.74. The minimum absolute atomic E-state index is 0.217. The van der Waals surface area contributed by atoms with E-state index in [9.17, 15) is 18.0 Å². The molecular formula is C24H32ClN3O5S. The van der Waals surface area contributed by atoms with Gasteiger partial charge in [-0.15, -0.1) is 0 Å². The summed E-state index contributed by atoms with van der Waals surface area (Å²) in [4.78, 5) is 27.5. The Balaban J connectivity index is 2.32. The van der Waals surface area contributed by atoms with E-state index in [2.05, 4.69) is 5.32 Å². The zero-order chi connectivity index (χ0) is 25.3. The number of halogens is 1. The Labute approximate surface area is 206 Å². The van der Waals surface area contributed by atoms with Gasteiger partial charge in [0.05, 0.1) is 24.1 Å². The molecule has 2 rings (SSSR count). The summed E-state index contributed by atoms with van der Waals surface area (Å²) in [6.45, 7) is 3.85. The molecule has 0 unspecified atom stereocenters. The number of anilines is 1. The highest BCUT2D eigenvalue weighted by Gasteiger charge is 2.29. The van der Waals surface area contributed by atoms with E-state index in [-0.39, 0.29) is 23.2 Å². The molecule has 2 amide bonds. The number of nitrogens with one attached hydrogen (secondary N) is 1. The molecule has 0 bridgehead atoms. The molecule has 186 valence electrons. The highest BCUT2D eigenvalue weighted by atomic mass is 35.5. The fourth-order valence-electron chi connectivity index (χ4n) is 3.39. The first-order valence-electron chi connectivity index (χ1n) is 11.0. The number of rotatable bonds is 12. The molecule has 0 fully saturated rings. The molecule has 34 heavy (non-hydrogen) atoms. The normalized spacial score (nSPS) is 12.0. The fraction of sp³-hybridized carbons (Fsp3) is 0.417. The van der Waals surface area contributed by atoms with Gasteiger partial charge in [-0.25, -0.2) is 8.42 Å². The van der Waals surface area contributed by atoms with Crippen LogP contribution in [-0.2, 0) is 26.0 Å². The molecule has 2 aromatic rings. The first kappa shape index (κ1) is 27.5. The Hall–Kier alpha value is -2.78. The highest BCUT2D eigenvalue weighted by molar-refractivity contribution is 7.92. The Kier molecular flexibility index (Phi) is 10.2. The largest absolute Gasteiger partial charge is 0.495 e. The van der Waals surface area contributed by atoms with Gasteiger partial charge in [0, 0.05) is 13.1 Å². The zero-order valence-corrected chi connectivity index (χ0v) is 21.5. The Morgan fingerprint density at radius 1 is 1.15 bits per heavy atom. The average molecular weight is 510 g/mol. The van der Waals surface area contributed by atoms with Crippen molar-refractivity contribution in [1.29, 1.82) is 0 Å². The monoisotopic (exact) mass is 509 g/mol. The quantitative estimate of drug-likeness (QED) is 0.474. The molecule has 0 saturated heterocycles. The van der Waals surface area contributed by atoms with Gasteiger partial charge in [-0.1, -0.05) is 48.9 Å². The summed E-state index contributed by atoms with van der Waals surface area (Å²) < 4.78 is 31.3. The standard InChI is InChI=1S/C24H32ClN3O5S/c1-5-14-26-24(30)18(2)27(15-13-19-9-7-6-8-10-19)23(29)17-28(34(4,31)32)20-11-12-22(33-3)21(25)16-20/h6-12,16,18H,5,13-15,17H2,1-4H3,(H,26,30)/t18-/m1/s1. The summed E-state index contributed by atoms with van der Waals surface area (Å²) in [5, 5.41) is 3.02. The van der Waals surface area contributed by atoms with Crippen LogP contribution >= 0.6 is 11.6 Å². The first-order chi connectivity index (χ1) is 16.1. The van der Waals surface area contributed by atoms with E-state index in [1.807, 2.05) is 37.3 Å². The van der Waals surface area contributed by atoms with Crippen molar-refractivity contribution < 1.29 is 22.7 Å². The number of carbonyl (C=O) groups excluding carboxylic acids is 2. The molecule has 1 atom stereocenters. The van der Waals surface area contributed by atoms with E-state index >= 15 is 0 Å². The van der Waals surface area contributed by atoms with Gasteiger partial charge >= 0.3 is 0 Å². The second-order valence-electron chi connectivity index (χ2n) is 7.88. The van der Waals surface area contributed by atoms with Crippen molar-refractivity contribution in [2.24, 2.45) is 0 Å². The lowest BCUT2D eigenvalue weighted by Gasteiger charge is -2.31. The lowest BCUT2D eigenvalue weighted by Crippen LogP contribution is -2.52. The van der Waals surface area contributed by atoms with Gasteiger partial charge in [0.25, 0.3) is 0 Å². The second-order valence-corrected chi connectivity index (χ2v) is 10.2. The smallest absolute Gasteiger partial charge is 0.244 e. The van der Waals surface area contributed by atoms with Gasteiger partial charge in [-0.3, -0.25) is 13.9 Å². The molecule has 0 aliphatic carbocycles. The van der Waals surface area contributed by atoms with Crippen LogP contribution in [0.3, 0.4) is 0 Å². The van der Waals surface area contributed by atoms with Crippen molar-refractivity contribution in [3.8, 4) is 5.75 Å². The highest BCUT2D eigenvalue weighted by Crippen LogP contribution is 2.30. The lowest BCUT2D eigenvalue weighted by atomic mass is 10.1. The summed E-state index contributed by atoms with van der Waals surface area (Å²) in [6, 6.07) is 13.3. The Morgan fingerprint density at radius 3 is 2.38 bits per heavy atom. The van der Waals surface area contributed by atoms with Crippen LogP contribution in [0.15, 0.2) is 48.5 Å². The second kappa shape index (κ2) is 12.6. The summed E-state index contributed by atoms with van der Waals surface area (Å²) in [6.07, 6.45) is 2.30. The van der Waals surface area contributed by atoms with E-state index in [0.717, 1.165) is 22.5 Å². The van der Waals surface area contributed by atoms with Gasteiger partial charge in [0.15, 0.2) is 0 Å². The Bertz CT molecular complexity index is 1080. The molecule has 0 saturated carbocycles. The van der Waals surface area contributed by atoms with Crippen LogP contribution in [0.2, 0.25) is 5.02 Å². The van der Waals surface area contributed by atoms with Crippen molar-refractivity contribution in [1.82, 2.24) is 10.2 Å². The predicted molar refractivity (Wildman–Crippen MR) is 135 cm³/mol. The molecular weight excluding hydrogens is 478 g/mol. The minimum atomic E-state index is -3.82. The van der Waals surface area contributed by atoms with E-state index in [0.29, 0.717) is 18.7 Å². The van der Waals surface area contributed by atoms with Gasteiger partial charge in [-0.2, -0.15) is 0 Å². The van der Waals surface area contributed by atoms with E-state index in [1.165, 1.54) is 30.2 Å². The predicted octanol–water partition coefficient (Wildman–Crippen LogP) is 3.10. The van der Waals surface area contributed by atoms with Crippen molar-refractivity contribution in [2.75, 3.05) is 37.3 Å². The van der Waals surface area contributed by atoms with Crippen LogP contribution in [0.25, 0.3) is 0 Å². The van der Waals surface area contributed by atoms with Crippen LogP contribution < -0.4 is 14.4 Å². The third kappa shape index (κ3) is 7.63. The first-order valence-corrected chi connectivity index (χ1v) is 13.2. The molecule has 0 heterocycles. The number of amides is 2. The molecule has 0 aliphatic rings. The van der Waals surface area contributed by atoms with Gasteiger partial charge in [0.2, 0.25) is 21.8 Å². The summed E-state index contributed by atoms with van der Waals surface area (Å²) >= 11 is 6.19. The minimum Gasteiger partial charge on any atom is -0.495 e. The van der Waals surface area contributed by atoms with Crippen molar-refractivity contribution >= 4 is 39.1 Å². The number of ether oxygens (including phenoxy) is 1. The number of sulfonamides is 1. The maximum Gasteiger partial charge on any atom is 0.244 e. The number of hydrogen-bond donors (Lipinski definition) is 1. The van der Waals surface area contributed by atoms with E-state index in [1.54, 1.807) is 6.92 Å². The van der Waals surface area contributed by atoms with Crippen molar-refractivity contribution in [2.45, 2.75) is 32.7 Å². The molecule has 0 aliphatic heterocycles. The molecule has 0 spiro atoms. The molecule has 0 radical (unpaired) electrons. The third-order valence-electron chi connectivity index (χ3n) is 5.30. The SMILES string of the molecule is CCCNC(=O)[C@@H](C)N(CCc1ccccc1)C(=O)CN(c1ccc(OC)c(Cl)c1)S(C)(=O)=O. The summed E-state index contributed by atoms with van der Waals surface area (Å²) in [5.74, 6) is -0.398. The van der Waals surface area contributed by atoms with Crippen LogP contribution in [0, 0.1) is 0 Å².